The molecule has 0 aliphatic carbocycles. The van der Waals surface area contributed by atoms with Gasteiger partial charge in [-0.1, -0.05) is 0 Å². The van der Waals surface area contributed by atoms with E-state index in [4.69, 9.17) is 10.00 Å². The number of rotatable bonds is 4. The SMILES string of the molecule is N#CCOc1ccc(NC(=O)NCC(F)(F)F)cc1. The minimum atomic E-state index is -4.45. The highest BCUT2D eigenvalue weighted by molar-refractivity contribution is 5.89. The van der Waals surface area contributed by atoms with Crippen molar-refractivity contribution in [1.29, 1.82) is 5.26 Å². The molecule has 19 heavy (non-hydrogen) atoms. The van der Waals surface area contributed by atoms with Crippen molar-refractivity contribution in [1.82, 2.24) is 5.32 Å². The average Bonchev–Trinajstić information content (AvgIpc) is 2.35. The Morgan fingerprint density at radius 2 is 1.95 bits per heavy atom. The fraction of sp³-hybridized carbons (Fsp3) is 0.273. The molecular weight excluding hydrogens is 263 g/mol. The molecule has 0 saturated heterocycles. The van der Waals surface area contributed by atoms with Crippen LogP contribution in [0.1, 0.15) is 0 Å². The van der Waals surface area contributed by atoms with Crippen LogP contribution in [-0.4, -0.2) is 25.4 Å². The summed E-state index contributed by atoms with van der Waals surface area (Å²) >= 11 is 0. The Kier molecular flexibility index (Phi) is 5.00. The molecule has 0 heterocycles. The maximum atomic E-state index is 11.8. The van der Waals surface area contributed by atoms with Crippen molar-refractivity contribution >= 4 is 11.7 Å². The Morgan fingerprint density at radius 1 is 1.32 bits per heavy atom. The number of alkyl halides is 3. The standard InChI is InChI=1S/C11H10F3N3O2/c12-11(13,14)7-16-10(18)17-8-1-3-9(4-2-8)19-6-5-15/h1-4H,6-7H2,(H2,16,17,18). The first-order valence-corrected chi connectivity index (χ1v) is 5.12. The molecule has 1 aromatic rings. The van der Waals surface area contributed by atoms with E-state index in [1.165, 1.54) is 24.3 Å². The van der Waals surface area contributed by atoms with Crippen molar-refractivity contribution in [3.05, 3.63) is 24.3 Å². The lowest BCUT2D eigenvalue weighted by atomic mass is 10.3. The third-order valence-electron chi connectivity index (χ3n) is 1.86. The molecule has 2 N–H and O–H groups in total. The van der Waals surface area contributed by atoms with Gasteiger partial charge in [-0.3, -0.25) is 0 Å². The Morgan fingerprint density at radius 3 is 2.47 bits per heavy atom. The van der Waals surface area contributed by atoms with Crippen molar-refractivity contribution in [2.24, 2.45) is 0 Å². The molecule has 0 saturated carbocycles. The minimum Gasteiger partial charge on any atom is -0.479 e. The van der Waals surface area contributed by atoms with E-state index in [9.17, 15) is 18.0 Å². The fourth-order valence-corrected chi connectivity index (χ4v) is 1.11. The summed E-state index contributed by atoms with van der Waals surface area (Å²) < 4.78 is 40.5. The van der Waals surface area contributed by atoms with Crippen molar-refractivity contribution in [2.75, 3.05) is 18.5 Å². The molecule has 0 atom stereocenters. The van der Waals surface area contributed by atoms with E-state index >= 15 is 0 Å². The van der Waals surface area contributed by atoms with Crippen LogP contribution in [-0.2, 0) is 0 Å². The highest BCUT2D eigenvalue weighted by atomic mass is 19.4. The maximum Gasteiger partial charge on any atom is 0.405 e. The van der Waals surface area contributed by atoms with Crippen LogP contribution in [0, 0.1) is 11.3 Å². The number of halogens is 3. The quantitative estimate of drug-likeness (QED) is 0.883. The first-order valence-electron chi connectivity index (χ1n) is 5.12. The lowest BCUT2D eigenvalue weighted by Gasteiger charge is -2.10. The molecule has 0 fully saturated rings. The first-order chi connectivity index (χ1) is 8.90. The summed E-state index contributed by atoms with van der Waals surface area (Å²) in [6, 6.07) is 6.68. The third-order valence-corrected chi connectivity index (χ3v) is 1.86. The van der Waals surface area contributed by atoms with Gasteiger partial charge >= 0.3 is 12.2 Å². The molecule has 0 radical (unpaired) electrons. The Balaban J connectivity index is 2.45. The Labute approximate surface area is 107 Å². The third kappa shape index (κ3) is 6.16. The van der Waals surface area contributed by atoms with Crippen molar-refractivity contribution in [3.8, 4) is 11.8 Å². The normalized spacial score (nSPS) is 10.4. The van der Waals surface area contributed by atoms with Gasteiger partial charge in [-0.15, -0.1) is 0 Å². The number of benzene rings is 1. The van der Waals surface area contributed by atoms with Gasteiger partial charge in [0.1, 0.15) is 18.4 Å². The van der Waals surface area contributed by atoms with E-state index in [0.717, 1.165) is 0 Å². The van der Waals surface area contributed by atoms with Crippen LogP contribution in [0.4, 0.5) is 23.7 Å². The first kappa shape index (κ1) is 14.6. The van der Waals surface area contributed by atoms with Crippen LogP contribution in [0.3, 0.4) is 0 Å². The van der Waals surface area contributed by atoms with Crippen LogP contribution in [0.2, 0.25) is 0 Å². The summed E-state index contributed by atoms with van der Waals surface area (Å²) in [5.74, 6) is 0.419. The van der Waals surface area contributed by atoms with E-state index in [1.807, 2.05) is 0 Å². The molecule has 2 amide bonds. The Bertz CT molecular complexity index is 466. The van der Waals surface area contributed by atoms with Crippen LogP contribution >= 0.6 is 0 Å². The molecule has 102 valence electrons. The van der Waals surface area contributed by atoms with Gasteiger partial charge in [0.15, 0.2) is 6.61 Å². The van der Waals surface area contributed by atoms with Crippen LogP contribution in [0.25, 0.3) is 0 Å². The zero-order valence-electron chi connectivity index (χ0n) is 9.62. The fourth-order valence-electron chi connectivity index (χ4n) is 1.11. The molecular formula is C11H10F3N3O2. The largest absolute Gasteiger partial charge is 0.479 e. The predicted molar refractivity (Wildman–Crippen MR) is 60.6 cm³/mol. The molecule has 0 spiro atoms. The van der Waals surface area contributed by atoms with E-state index in [-0.39, 0.29) is 6.61 Å². The van der Waals surface area contributed by atoms with Crippen LogP contribution < -0.4 is 15.4 Å². The van der Waals surface area contributed by atoms with E-state index < -0.39 is 18.8 Å². The van der Waals surface area contributed by atoms with Gasteiger partial charge in [0.25, 0.3) is 0 Å². The van der Waals surface area contributed by atoms with E-state index in [2.05, 4.69) is 5.32 Å². The molecule has 8 heteroatoms. The number of nitriles is 1. The van der Waals surface area contributed by atoms with Gasteiger partial charge in [0, 0.05) is 5.69 Å². The summed E-state index contributed by atoms with van der Waals surface area (Å²) in [6.45, 7) is -1.51. The second-order valence-corrected chi connectivity index (χ2v) is 3.39. The summed E-state index contributed by atoms with van der Waals surface area (Å²) in [6.07, 6.45) is -4.45. The minimum absolute atomic E-state index is 0.112. The molecule has 0 aromatic heterocycles. The van der Waals surface area contributed by atoms with Gasteiger partial charge in [0.2, 0.25) is 0 Å². The highest BCUT2D eigenvalue weighted by Crippen LogP contribution is 2.16. The van der Waals surface area contributed by atoms with Crippen molar-refractivity contribution in [2.45, 2.75) is 6.18 Å². The van der Waals surface area contributed by atoms with Gasteiger partial charge in [-0.25, -0.2) is 4.79 Å². The second-order valence-electron chi connectivity index (χ2n) is 3.39. The zero-order valence-corrected chi connectivity index (χ0v) is 9.62. The molecule has 0 unspecified atom stereocenters. The number of carbonyl (C=O) groups excluding carboxylic acids is 1. The lowest BCUT2D eigenvalue weighted by molar-refractivity contribution is -0.122. The lowest BCUT2D eigenvalue weighted by Crippen LogP contribution is -2.36. The zero-order chi connectivity index (χ0) is 14.3. The van der Waals surface area contributed by atoms with Crippen molar-refractivity contribution in [3.63, 3.8) is 0 Å². The number of nitrogens with zero attached hydrogens (tertiary/aromatic N) is 1. The number of hydrogen-bond acceptors (Lipinski definition) is 3. The smallest absolute Gasteiger partial charge is 0.405 e. The second kappa shape index (κ2) is 6.49. The van der Waals surface area contributed by atoms with Gasteiger partial charge < -0.3 is 15.4 Å². The van der Waals surface area contributed by atoms with Crippen LogP contribution in [0.15, 0.2) is 24.3 Å². The molecule has 1 aromatic carbocycles. The van der Waals surface area contributed by atoms with Gasteiger partial charge in [-0.2, -0.15) is 18.4 Å². The summed E-state index contributed by atoms with van der Waals surface area (Å²) in [7, 11) is 0. The van der Waals surface area contributed by atoms with E-state index in [0.29, 0.717) is 11.4 Å². The van der Waals surface area contributed by atoms with Gasteiger partial charge in [-0.05, 0) is 24.3 Å². The average molecular weight is 273 g/mol. The van der Waals surface area contributed by atoms with Crippen LogP contribution in [0.5, 0.6) is 5.75 Å². The van der Waals surface area contributed by atoms with Crippen molar-refractivity contribution < 1.29 is 22.7 Å². The number of carbonyl (C=O) groups is 1. The summed E-state index contributed by atoms with van der Waals surface area (Å²) in [5, 5.41) is 12.2. The number of nitrogens with one attached hydrogen (secondary N) is 2. The predicted octanol–water partition coefficient (Wildman–Crippen LogP) is 2.27. The molecule has 5 nitrogen and oxygen atoms in total. The number of anilines is 1. The topological polar surface area (TPSA) is 74.1 Å². The Hall–Kier alpha value is -2.43. The monoisotopic (exact) mass is 273 g/mol. The number of urea groups is 1. The molecule has 0 aliphatic heterocycles. The summed E-state index contributed by atoms with van der Waals surface area (Å²) in [5.41, 5.74) is 0.309. The maximum absolute atomic E-state index is 11.8. The molecule has 1 rings (SSSR count). The number of ether oxygens (including phenoxy) is 1. The molecule has 0 aliphatic rings. The number of hydrogen-bond donors (Lipinski definition) is 2. The van der Waals surface area contributed by atoms with E-state index in [1.54, 1.807) is 11.4 Å². The van der Waals surface area contributed by atoms with Gasteiger partial charge in [0.05, 0.1) is 0 Å². The number of amides is 2. The highest BCUT2D eigenvalue weighted by Gasteiger charge is 2.27. The molecule has 0 bridgehead atoms. The summed E-state index contributed by atoms with van der Waals surface area (Å²) in [4.78, 5) is 11.1.